The number of anilines is 4. The van der Waals surface area contributed by atoms with E-state index in [1.54, 1.807) is 12.1 Å². The van der Waals surface area contributed by atoms with Crippen LogP contribution < -0.4 is 40.4 Å². The smallest absolute Gasteiger partial charge is 0.279 e. The second kappa shape index (κ2) is 21.0. The first kappa shape index (κ1) is 44.8. The largest absolute Gasteiger partial charge is 0.496 e. The number of hydrazone groups is 2. The van der Waals surface area contributed by atoms with Crippen molar-refractivity contribution in [3.63, 3.8) is 0 Å². The number of Topliss-reactive ketones (excluding diaryl/α,β-unsaturated/α-hetero) is 2. The van der Waals surface area contributed by atoms with Gasteiger partial charge in [-0.05, 0) is 37.1 Å². The Balaban J connectivity index is 1.74. The zero-order chi connectivity index (χ0) is 43.9. The fraction of sp³-hybridized carbons (Fsp3) is 0.250. The van der Waals surface area contributed by atoms with Crippen LogP contribution in [0, 0.1) is 20.2 Å². The van der Waals surface area contributed by atoms with Crippen molar-refractivity contribution >= 4 is 68.9 Å². The molecule has 0 aliphatic heterocycles. The second-order valence-corrected chi connectivity index (χ2v) is 12.6. The Bertz CT molecular complexity index is 2200. The average molecular weight is 827 g/mol. The SMILES string of the molecule is CCCOc1cc(-c2cc(OCCC)c(N/N=C(\C(C)=O)C(=O)Nc3cccc([N+](=O)[O-])c3)cc2OC)c(OC)cc1N/N=C(\C(C)=O)C(=O)Nc1cccc([N+](=O)[O-])c1. The molecule has 0 heterocycles. The number of nitrogens with one attached hydrogen (secondary N) is 4. The summed E-state index contributed by atoms with van der Waals surface area (Å²) < 4.78 is 23.6. The number of ketones is 2. The minimum absolute atomic E-state index is 0.0771. The van der Waals surface area contributed by atoms with Gasteiger partial charge in [0.25, 0.3) is 23.2 Å². The molecule has 0 saturated carbocycles. The number of ether oxygens (including phenoxy) is 4. The van der Waals surface area contributed by atoms with Gasteiger partial charge in [-0.3, -0.25) is 50.3 Å². The number of non-ortho nitro benzene ring substituents is 2. The highest BCUT2D eigenvalue weighted by Gasteiger charge is 2.23. The van der Waals surface area contributed by atoms with Crippen molar-refractivity contribution < 1.29 is 48.0 Å². The number of nitrogens with zero attached hydrogens (tertiary/aromatic N) is 4. The molecule has 4 N–H and O–H groups in total. The molecule has 0 unspecified atom stereocenters. The molecule has 20 heteroatoms. The maximum atomic E-state index is 13.1. The van der Waals surface area contributed by atoms with Crippen molar-refractivity contribution in [2.75, 3.05) is 48.9 Å². The standard InChI is InChI=1S/C40H42N8O12/c1-7-15-59-35-19-29(33(57-5)21-31(35)43-45-37(23(3)49)39(51)41-25-11-9-13-27(17-25)47(53)54)30-20-36(60-16-8-2)32(22-34(30)58-6)44-46-38(24(4)50)40(52)42-26-12-10-14-28(18-26)48(55)56/h9-14,17-22,43-44H,7-8,15-16H2,1-6H3,(H,41,51)(H,42,52)/b45-37+,46-38+. The van der Waals surface area contributed by atoms with Crippen LogP contribution >= 0.6 is 0 Å². The first-order valence-electron chi connectivity index (χ1n) is 18.2. The van der Waals surface area contributed by atoms with Gasteiger partial charge in [-0.2, -0.15) is 10.2 Å². The summed E-state index contributed by atoms with van der Waals surface area (Å²) in [6.45, 7) is 6.57. The summed E-state index contributed by atoms with van der Waals surface area (Å²) in [6, 6.07) is 16.7. The molecule has 0 aromatic heterocycles. The monoisotopic (exact) mass is 826 g/mol. The maximum absolute atomic E-state index is 13.1. The van der Waals surface area contributed by atoms with Crippen molar-refractivity contribution in [2.24, 2.45) is 10.2 Å². The number of methoxy groups -OCH3 is 2. The summed E-state index contributed by atoms with van der Waals surface area (Å²) in [5.41, 5.74) is 5.31. The highest BCUT2D eigenvalue weighted by Crippen LogP contribution is 2.46. The minimum atomic E-state index is -0.920. The molecule has 0 aliphatic rings. The van der Waals surface area contributed by atoms with Gasteiger partial charge in [0.2, 0.25) is 0 Å². The predicted molar refractivity (Wildman–Crippen MR) is 223 cm³/mol. The summed E-state index contributed by atoms with van der Waals surface area (Å²) in [7, 11) is 2.83. The van der Waals surface area contributed by atoms with E-state index in [4.69, 9.17) is 18.9 Å². The molecular weight excluding hydrogens is 784 g/mol. The van der Waals surface area contributed by atoms with E-state index in [2.05, 4.69) is 31.7 Å². The van der Waals surface area contributed by atoms with Gasteiger partial charge in [0, 0.05) is 72.7 Å². The third-order valence-electron chi connectivity index (χ3n) is 8.12. The number of carbonyl (C=O) groups excluding carboxylic acids is 4. The molecule has 20 nitrogen and oxygen atoms in total. The van der Waals surface area contributed by atoms with E-state index in [9.17, 15) is 39.4 Å². The van der Waals surface area contributed by atoms with E-state index >= 15 is 0 Å². The lowest BCUT2D eigenvalue weighted by molar-refractivity contribution is -0.385. The third kappa shape index (κ3) is 11.6. The molecule has 4 aromatic rings. The normalized spacial score (nSPS) is 11.2. The van der Waals surface area contributed by atoms with E-state index in [0.29, 0.717) is 24.0 Å². The van der Waals surface area contributed by atoms with Crippen molar-refractivity contribution in [3.8, 4) is 34.1 Å². The molecule has 0 saturated heterocycles. The molecule has 2 amide bonds. The van der Waals surface area contributed by atoms with E-state index < -0.39 is 44.7 Å². The number of nitro groups is 2. The van der Waals surface area contributed by atoms with Crippen molar-refractivity contribution in [3.05, 3.63) is 93.0 Å². The number of nitro benzene ring substituents is 2. The molecule has 0 atom stereocenters. The minimum Gasteiger partial charge on any atom is -0.496 e. The van der Waals surface area contributed by atoms with Crippen LogP contribution in [0.5, 0.6) is 23.0 Å². The number of benzene rings is 4. The average Bonchev–Trinajstić information content (AvgIpc) is 3.22. The van der Waals surface area contributed by atoms with Gasteiger partial charge < -0.3 is 29.6 Å². The van der Waals surface area contributed by atoms with Crippen LogP contribution in [0.2, 0.25) is 0 Å². The zero-order valence-electron chi connectivity index (χ0n) is 33.4. The second-order valence-electron chi connectivity index (χ2n) is 12.6. The van der Waals surface area contributed by atoms with E-state index in [1.807, 2.05) is 13.8 Å². The quantitative estimate of drug-likeness (QED) is 0.0293. The molecule has 0 spiro atoms. The van der Waals surface area contributed by atoms with E-state index in [1.165, 1.54) is 62.8 Å². The number of rotatable bonds is 21. The van der Waals surface area contributed by atoms with Crippen molar-refractivity contribution in [1.29, 1.82) is 0 Å². The molecule has 314 valence electrons. The first-order chi connectivity index (χ1) is 28.7. The highest BCUT2D eigenvalue weighted by molar-refractivity contribution is 6.67. The van der Waals surface area contributed by atoms with Gasteiger partial charge in [-0.1, -0.05) is 26.0 Å². The highest BCUT2D eigenvalue weighted by atomic mass is 16.6. The fourth-order valence-corrected chi connectivity index (χ4v) is 5.30. The summed E-state index contributed by atoms with van der Waals surface area (Å²) >= 11 is 0. The summed E-state index contributed by atoms with van der Waals surface area (Å²) in [5.74, 6) is -2.24. The van der Waals surface area contributed by atoms with Gasteiger partial charge in [0.05, 0.1) is 37.3 Å². The van der Waals surface area contributed by atoms with Gasteiger partial charge >= 0.3 is 0 Å². The molecule has 4 aromatic carbocycles. The predicted octanol–water partition coefficient (Wildman–Crippen LogP) is 6.76. The molecule has 0 aliphatic carbocycles. The molecule has 60 heavy (non-hydrogen) atoms. The Morgan fingerprint density at radius 2 is 0.983 bits per heavy atom. The van der Waals surface area contributed by atoms with Gasteiger partial charge in [0.15, 0.2) is 23.0 Å². The number of amides is 2. The van der Waals surface area contributed by atoms with Crippen LogP contribution in [0.4, 0.5) is 34.1 Å². The summed E-state index contributed by atoms with van der Waals surface area (Å²) in [5, 5.41) is 35.5. The number of carbonyl (C=O) groups is 4. The Morgan fingerprint density at radius 1 is 0.600 bits per heavy atom. The zero-order valence-corrected chi connectivity index (χ0v) is 33.4. The van der Waals surface area contributed by atoms with Crippen molar-refractivity contribution in [2.45, 2.75) is 40.5 Å². The molecule has 0 radical (unpaired) electrons. The molecular formula is C40H42N8O12. The van der Waals surface area contributed by atoms with Crippen molar-refractivity contribution in [1.82, 2.24) is 0 Å². The lowest BCUT2D eigenvalue weighted by Gasteiger charge is -2.20. The van der Waals surface area contributed by atoms with E-state index in [-0.39, 0.29) is 70.3 Å². The van der Waals surface area contributed by atoms with Gasteiger partial charge in [-0.15, -0.1) is 0 Å². The molecule has 0 fully saturated rings. The molecule has 4 rings (SSSR count). The van der Waals surface area contributed by atoms with Crippen LogP contribution in [-0.4, -0.2) is 72.1 Å². The Kier molecular flexibility index (Phi) is 15.7. The van der Waals surface area contributed by atoms with Crippen LogP contribution in [0.15, 0.2) is 83.0 Å². The lowest BCUT2D eigenvalue weighted by Crippen LogP contribution is -2.29. The molecule has 0 bridgehead atoms. The first-order valence-corrected chi connectivity index (χ1v) is 18.2. The topological polar surface area (TPSA) is 264 Å². The lowest BCUT2D eigenvalue weighted by atomic mass is 10.0. The van der Waals surface area contributed by atoms with Crippen LogP contribution in [0.25, 0.3) is 11.1 Å². The third-order valence-corrected chi connectivity index (χ3v) is 8.12. The number of hydrogen-bond acceptors (Lipinski definition) is 16. The Hall–Kier alpha value is -7.90. The Morgan fingerprint density at radius 3 is 1.30 bits per heavy atom. The number of hydrogen-bond donors (Lipinski definition) is 4. The van der Waals surface area contributed by atoms with Gasteiger partial charge in [-0.25, -0.2) is 0 Å². The van der Waals surface area contributed by atoms with Gasteiger partial charge in [0.1, 0.15) is 34.4 Å². The van der Waals surface area contributed by atoms with Crippen LogP contribution in [0.1, 0.15) is 40.5 Å². The summed E-state index contributed by atoms with van der Waals surface area (Å²) in [6.07, 6.45) is 1.22. The summed E-state index contributed by atoms with van der Waals surface area (Å²) in [4.78, 5) is 72.5. The van der Waals surface area contributed by atoms with Crippen LogP contribution in [0.3, 0.4) is 0 Å². The fourth-order valence-electron chi connectivity index (χ4n) is 5.30. The van der Waals surface area contributed by atoms with Crippen LogP contribution in [-0.2, 0) is 19.2 Å². The van der Waals surface area contributed by atoms with E-state index in [0.717, 1.165) is 26.0 Å². The Labute approximate surface area is 343 Å². The maximum Gasteiger partial charge on any atom is 0.279 e.